The lowest BCUT2D eigenvalue weighted by molar-refractivity contribution is 0.0945. The van der Waals surface area contributed by atoms with Crippen LogP contribution in [-0.2, 0) is 4.74 Å². The molecule has 1 saturated carbocycles. The maximum Gasteiger partial charge on any atom is 0.407 e. The molecule has 1 N–H and O–H groups in total. The van der Waals surface area contributed by atoms with Crippen molar-refractivity contribution in [2.24, 2.45) is 0 Å². The third kappa shape index (κ3) is 3.47. The number of amides is 1. The standard InChI is InChI=1S/C9H15F2NO2/c1-6(2)14-8(13)12-9(3-4-9)5-7(10)11/h6-7H,3-5H2,1-2H3,(H,12,13). The van der Waals surface area contributed by atoms with E-state index in [4.69, 9.17) is 4.74 Å². The average molecular weight is 207 g/mol. The number of carbonyl (C=O) groups is 1. The summed E-state index contributed by atoms with van der Waals surface area (Å²) in [7, 11) is 0. The molecule has 0 aromatic rings. The van der Waals surface area contributed by atoms with Gasteiger partial charge in [0, 0.05) is 12.0 Å². The summed E-state index contributed by atoms with van der Waals surface area (Å²) >= 11 is 0. The second-order valence-corrected chi connectivity index (χ2v) is 3.95. The third-order valence-corrected chi connectivity index (χ3v) is 2.11. The second-order valence-electron chi connectivity index (χ2n) is 3.95. The van der Waals surface area contributed by atoms with E-state index >= 15 is 0 Å². The Kier molecular flexibility index (Phi) is 3.29. The van der Waals surface area contributed by atoms with E-state index in [9.17, 15) is 13.6 Å². The van der Waals surface area contributed by atoms with Crippen molar-refractivity contribution in [2.75, 3.05) is 0 Å². The highest BCUT2D eigenvalue weighted by atomic mass is 19.3. The molecule has 82 valence electrons. The zero-order valence-electron chi connectivity index (χ0n) is 8.35. The minimum absolute atomic E-state index is 0.225. The first-order valence-corrected chi connectivity index (χ1v) is 4.70. The SMILES string of the molecule is CC(C)OC(=O)NC1(CC(F)F)CC1. The van der Waals surface area contributed by atoms with E-state index in [0.717, 1.165) is 0 Å². The number of alkyl halides is 2. The van der Waals surface area contributed by atoms with Crippen LogP contribution < -0.4 is 5.32 Å². The molecule has 0 unspecified atom stereocenters. The van der Waals surface area contributed by atoms with Crippen molar-refractivity contribution in [3.8, 4) is 0 Å². The van der Waals surface area contributed by atoms with E-state index in [1.165, 1.54) is 0 Å². The molecule has 1 rings (SSSR count). The van der Waals surface area contributed by atoms with Gasteiger partial charge < -0.3 is 10.1 Å². The second kappa shape index (κ2) is 4.11. The van der Waals surface area contributed by atoms with Crippen molar-refractivity contribution in [3.05, 3.63) is 0 Å². The van der Waals surface area contributed by atoms with Crippen molar-refractivity contribution >= 4 is 6.09 Å². The summed E-state index contributed by atoms with van der Waals surface area (Å²) in [6.45, 7) is 3.43. The Bertz CT molecular complexity index is 215. The van der Waals surface area contributed by atoms with Gasteiger partial charge in [0.15, 0.2) is 0 Å². The van der Waals surface area contributed by atoms with E-state index in [0.29, 0.717) is 12.8 Å². The molecule has 1 amide bonds. The molecule has 0 heterocycles. The van der Waals surface area contributed by atoms with Crippen molar-refractivity contribution in [2.45, 2.75) is 51.2 Å². The molecule has 0 aromatic carbocycles. The molecule has 1 aliphatic rings. The van der Waals surface area contributed by atoms with Gasteiger partial charge in [0.25, 0.3) is 0 Å². The van der Waals surface area contributed by atoms with Crippen LogP contribution in [0, 0.1) is 0 Å². The smallest absolute Gasteiger partial charge is 0.407 e. The van der Waals surface area contributed by atoms with E-state index in [1.807, 2.05) is 0 Å². The fourth-order valence-corrected chi connectivity index (χ4v) is 1.29. The summed E-state index contributed by atoms with van der Waals surface area (Å²) < 4.78 is 29.0. The average Bonchev–Trinajstić information content (AvgIpc) is 2.63. The predicted molar refractivity (Wildman–Crippen MR) is 47.3 cm³/mol. The monoisotopic (exact) mass is 207 g/mol. The number of ether oxygens (including phenoxy) is 1. The highest BCUT2D eigenvalue weighted by Crippen LogP contribution is 2.40. The fourth-order valence-electron chi connectivity index (χ4n) is 1.29. The Morgan fingerprint density at radius 3 is 2.43 bits per heavy atom. The van der Waals surface area contributed by atoms with Gasteiger partial charge in [0.05, 0.1) is 6.10 Å². The van der Waals surface area contributed by atoms with Crippen LogP contribution in [0.5, 0.6) is 0 Å². The van der Waals surface area contributed by atoms with Gasteiger partial charge in [-0.2, -0.15) is 0 Å². The summed E-state index contributed by atoms with van der Waals surface area (Å²) in [5.74, 6) is 0. The first kappa shape index (κ1) is 11.2. The summed E-state index contributed by atoms with van der Waals surface area (Å²) in [5, 5.41) is 2.49. The third-order valence-electron chi connectivity index (χ3n) is 2.11. The van der Waals surface area contributed by atoms with Gasteiger partial charge >= 0.3 is 6.09 Å². The quantitative estimate of drug-likeness (QED) is 0.768. The van der Waals surface area contributed by atoms with Crippen LogP contribution in [0.25, 0.3) is 0 Å². The molecule has 1 fully saturated rings. The maximum absolute atomic E-state index is 12.1. The Morgan fingerprint density at radius 2 is 2.07 bits per heavy atom. The number of carbonyl (C=O) groups excluding carboxylic acids is 1. The molecular formula is C9H15F2NO2. The minimum atomic E-state index is -2.38. The Hall–Kier alpha value is -0.870. The van der Waals surface area contributed by atoms with Crippen LogP contribution in [0.15, 0.2) is 0 Å². The molecule has 0 atom stereocenters. The van der Waals surface area contributed by atoms with Crippen molar-refractivity contribution in [1.29, 1.82) is 0 Å². The number of hydrogen-bond acceptors (Lipinski definition) is 2. The predicted octanol–water partition coefficient (Wildman–Crippen LogP) is 2.31. The Labute approximate surface area is 81.8 Å². The molecule has 1 aliphatic carbocycles. The Morgan fingerprint density at radius 1 is 1.50 bits per heavy atom. The van der Waals surface area contributed by atoms with E-state index < -0.39 is 18.1 Å². The summed E-state index contributed by atoms with van der Waals surface area (Å²) in [6, 6.07) is 0. The van der Waals surface area contributed by atoms with Crippen molar-refractivity contribution in [3.63, 3.8) is 0 Å². The number of hydrogen-bond donors (Lipinski definition) is 1. The van der Waals surface area contributed by atoms with Crippen LogP contribution >= 0.6 is 0 Å². The van der Waals surface area contributed by atoms with Crippen LogP contribution in [0.2, 0.25) is 0 Å². The van der Waals surface area contributed by atoms with Crippen molar-refractivity contribution in [1.82, 2.24) is 5.32 Å². The zero-order valence-corrected chi connectivity index (χ0v) is 8.35. The Balaban J connectivity index is 2.32. The molecular weight excluding hydrogens is 192 g/mol. The highest BCUT2D eigenvalue weighted by molar-refractivity contribution is 5.69. The lowest BCUT2D eigenvalue weighted by atomic mass is 10.2. The van der Waals surface area contributed by atoms with Crippen LogP contribution in [0.4, 0.5) is 13.6 Å². The van der Waals surface area contributed by atoms with Gasteiger partial charge in [0.2, 0.25) is 6.43 Å². The molecule has 0 bridgehead atoms. The molecule has 3 nitrogen and oxygen atoms in total. The first-order chi connectivity index (χ1) is 6.43. The maximum atomic E-state index is 12.1. The van der Waals surface area contributed by atoms with Crippen LogP contribution in [0.3, 0.4) is 0 Å². The number of nitrogens with one attached hydrogen (secondary N) is 1. The van der Waals surface area contributed by atoms with Gasteiger partial charge in [-0.15, -0.1) is 0 Å². The first-order valence-electron chi connectivity index (χ1n) is 4.70. The van der Waals surface area contributed by atoms with Gasteiger partial charge in [-0.1, -0.05) is 0 Å². The number of alkyl carbamates (subject to hydrolysis) is 1. The summed E-state index contributed by atoms with van der Waals surface area (Å²) in [5.41, 5.74) is -0.694. The van der Waals surface area contributed by atoms with E-state index in [-0.39, 0.29) is 12.5 Å². The van der Waals surface area contributed by atoms with Gasteiger partial charge in [-0.05, 0) is 26.7 Å². The summed E-state index contributed by atoms with van der Waals surface area (Å²) in [6.07, 6.45) is -2.25. The van der Waals surface area contributed by atoms with Crippen molar-refractivity contribution < 1.29 is 18.3 Å². The highest BCUT2D eigenvalue weighted by Gasteiger charge is 2.46. The fraction of sp³-hybridized carbons (Fsp3) is 0.889. The minimum Gasteiger partial charge on any atom is -0.447 e. The molecule has 0 spiro atoms. The summed E-state index contributed by atoms with van der Waals surface area (Å²) in [4.78, 5) is 11.1. The van der Waals surface area contributed by atoms with Crippen LogP contribution in [-0.4, -0.2) is 24.2 Å². The number of rotatable bonds is 4. The number of halogens is 2. The lowest BCUT2D eigenvalue weighted by Gasteiger charge is -2.17. The van der Waals surface area contributed by atoms with E-state index in [1.54, 1.807) is 13.8 Å². The largest absolute Gasteiger partial charge is 0.447 e. The lowest BCUT2D eigenvalue weighted by Crippen LogP contribution is -2.39. The molecule has 5 heteroatoms. The molecule has 0 saturated heterocycles. The molecule has 0 aliphatic heterocycles. The molecule has 0 aromatic heterocycles. The van der Waals surface area contributed by atoms with Gasteiger partial charge in [0.1, 0.15) is 0 Å². The molecule has 0 radical (unpaired) electrons. The molecule has 14 heavy (non-hydrogen) atoms. The zero-order chi connectivity index (χ0) is 10.8. The normalized spacial score (nSPS) is 18.4. The van der Waals surface area contributed by atoms with Crippen LogP contribution in [0.1, 0.15) is 33.1 Å². The van der Waals surface area contributed by atoms with Gasteiger partial charge in [-0.25, -0.2) is 13.6 Å². The topological polar surface area (TPSA) is 38.3 Å². The van der Waals surface area contributed by atoms with E-state index in [2.05, 4.69) is 5.32 Å². The van der Waals surface area contributed by atoms with Gasteiger partial charge in [-0.3, -0.25) is 0 Å².